The van der Waals surface area contributed by atoms with Gasteiger partial charge in [-0.2, -0.15) is 5.10 Å². The third-order valence-electron chi connectivity index (χ3n) is 6.32. The van der Waals surface area contributed by atoms with Crippen LogP contribution in [0.5, 0.6) is 0 Å². The Kier molecular flexibility index (Phi) is 6.88. The smallest absolute Gasteiger partial charge is 0.126 e. The summed E-state index contributed by atoms with van der Waals surface area (Å²) in [5, 5.41) is 10.7. The number of benzene rings is 2. The summed E-state index contributed by atoms with van der Waals surface area (Å²) in [6.07, 6.45) is 4.62. The van der Waals surface area contributed by atoms with Gasteiger partial charge in [0, 0.05) is 56.4 Å². The Balaban J connectivity index is 0.00000218. The average Bonchev–Trinajstić information content (AvgIpc) is 3.18. The van der Waals surface area contributed by atoms with E-state index in [4.69, 9.17) is 5.10 Å². The largest absolute Gasteiger partial charge is 0.371 e. The van der Waals surface area contributed by atoms with Crippen molar-refractivity contribution in [1.82, 2.24) is 20.0 Å². The van der Waals surface area contributed by atoms with Gasteiger partial charge in [0.2, 0.25) is 0 Å². The van der Waals surface area contributed by atoms with Gasteiger partial charge in [0.15, 0.2) is 0 Å². The zero-order chi connectivity index (χ0) is 19.6. The number of halogens is 1. The first-order chi connectivity index (χ1) is 14.3. The average molecular weight is 444 g/mol. The molecule has 2 fully saturated rings. The fourth-order valence-corrected chi connectivity index (χ4v) is 5.28. The van der Waals surface area contributed by atoms with Crippen molar-refractivity contribution >= 4 is 40.8 Å². The third-order valence-corrected chi connectivity index (χ3v) is 7.01. The number of piperazine rings is 1. The molecule has 3 aromatic rings. The Morgan fingerprint density at radius 3 is 2.37 bits per heavy atom. The fraction of sp³-hybridized carbons (Fsp3) is 0.435. The first-order valence-electron chi connectivity index (χ1n) is 10.7. The fourth-order valence-electron chi connectivity index (χ4n) is 4.72. The second-order valence-corrected chi connectivity index (χ2v) is 8.76. The molecule has 30 heavy (non-hydrogen) atoms. The minimum Gasteiger partial charge on any atom is -0.371 e. The van der Waals surface area contributed by atoms with Gasteiger partial charge < -0.3 is 10.2 Å². The Hall–Kier alpha value is -1.73. The number of piperidine rings is 1. The van der Waals surface area contributed by atoms with Crippen LogP contribution in [-0.4, -0.2) is 66.2 Å². The highest BCUT2D eigenvalue weighted by Gasteiger charge is 2.26. The van der Waals surface area contributed by atoms with E-state index in [1.54, 1.807) is 11.8 Å². The van der Waals surface area contributed by atoms with Crippen LogP contribution in [0.25, 0.3) is 16.6 Å². The van der Waals surface area contributed by atoms with E-state index in [1.165, 1.54) is 42.5 Å². The maximum absolute atomic E-state index is 4.89. The number of para-hydroxylation sites is 1. The molecule has 0 amide bonds. The number of aromatic nitrogens is 2. The standard InChI is InChI=1S/C23H29N5S.ClH/c1-29-23-21-8-7-20(17-22(21)28(25-23)19-5-3-2-4-6-19)26-13-9-18(10-14-26)27-15-11-24-12-16-27;/h2-8,17-18,24H,9-16H2,1H3;1H. The first kappa shape index (κ1) is 21.5. The van der Waals surface area contributed by atoms with E-state index in [2.05, 4.69) is 74.6 Å². The van der Waals surface area contributed by atoms with Crippen molar-refractivity contribution in [2.24, 2.45) is 0 Å². The van der Waals surface area contributed by atoms with E-state index in [0.29, 0.717) is 0 Å². The highest BCUT2D eigenvalue weighted by molar-refractivity contribution is 7.98. The van der Waals surface area contributed by atoms with Gasteiger partial charge in [0.25, 0.3) is 0 Å². The van der Waals surface area contributed by atoms with Crippen LogP contribution < -0.4 is 10.2 Å². The van der Waals surface area contributed by atoms with Crippen molar-refractivity contribution in [2.45, 2.75) is 23.9 Å². The molecule has 5 nitrogen and oxygen atoms in total. The van der Waals surface area contributed by atoms with Gasteiger partial charge in [-0.3, -0.25) is 4.90 Å². The number of anilines is 1. The highest BCUT2D eigenvalue weighted by atomic mass is 35.5. The molecule has 1 N–H and O–H groups in total. The zero-order valence-electron chi connectivity index (χ0n) is 17.5. The van der Waals surface area contributed by atoms with Crippen molar-refractivity contribution in [3.63, 3.8) is 0 Å². The molecule has 5 rings (SSSR count). The molecule has 0 saturated carbocycles. The minimum absolute atomic E-state index is 0. The van der Waals surface area contributed by atoms with Crippen LogP contribution in [-0.2, 0) is 0 Å². The minimum atomic E-state index is 0. The van der Waals surface area contributed by atoms with Crippen molar-refractivity contribution < 1.29 is 0 Å². The molecule has 0 unspecified atom stereocenters. The number of thioether (sulfide) groups is 1. The SMILES string of the molecule is CSc1nn(-c2ccccc2)c2cc(N3CCC(N4CCNCC4)CC3)ccc12.Cl. The second kappa shape index (κ2) is 9.60. The molecule has 3 heterocycles. The maximum Gasteiger partial charge on any atom is 0.126 e. The molecule has 1 aromatic heterocycles. The lowest BCUT2D eigenvalue weighted by atomic mass is 10.0. The van der Waals surface area contributed by atoms with Crippen molar-refractivity contribution in [1.29, 1.82) is 0 Å². The topological polar surface area (TPSA) is 36.3 Å². The monoisotopic (exact) mass is 443 g/mol. The molecular formula is C23H30ClN5S. The van der Waals surface area contributed by atoms with Gasteiger partial charge >= 0.3 is 0 Å². The third kappa shape index (κ3) is 4.19. The summed E-state index contributed by atoms with van der Waals surface area (Å²) in [5.74, 6) is 0. The molecule has 2 aliphatic rings. The lowest BCUT2D eigenvalue weighted by Gasteiger charge is -2.41. The van der Waals surface area contributed by atoms with Crippen LogP contribution in [0, 0.1) is 0 Å². The second-order valence-electron chi connectivity index (χ2n) is 7.96. The highest BCUT2D eigenvalue weighted by Crippen LogP contribution is 2.32. The van der Waals surface area contributed by atoms with Crippen molar-refractivity contribution in [2.75, 3.05) is 50.4 Å². The molecule has 7 heteroatoms. The van der Waals surface area contributed by atoms with E-state index in [1.807, 2.05) is 0 Å². The molecule has 2 saturated heterocycles. The van der Waals surface area contributed by atoms with Gasteiger partial charge in [-0.25, -0.2) is 4.68 Å². The molecule has 2 aromatic carbocycles. The molecular weight excluding hydrogens is 414 g/mol. The Morgan fingerprint density at radius 2 is 1.67 bits per heavy atom. The summed E-state index contributed by atoms with van der Waals surface area (Å²) in [7, 11) is 0. The molecule has 0 spiro atoms. The number of nitrogens with zero attached hydrogens (tertiary/aromatic N) is 4. The molecule has 0 aliphatic carbocycles. The van der Waals surface area contributed by atoms with Crippen LogP contribution in [0.1, 0.15) is 12.8 Å². The lowest BCUT2D eigenvalue weighted by molar-refractivity contribution is 0.150. The van der Waals surface area contributed by atoms with Gasteiger partial charge in [0.1, 0.15) is 5.03 Å². The van der Waals surface area contributed by atoms with Crippen LogP contribution in [0.2, 0.25) is 0 Å². The normalized spacial score (nSPS) is 18.5. The summed E-state index contributed by atoms with van der Waals surface area (Å²) >= 11 is 1.72. The summed E-state index contributed by atoms with van der Waals surface area (Å²) in [4.78, 5) is 5.24. The van der Waals surface area contributed by atoms with E-state index in [9.17, 15) is 0 Å². The van der Waals surface area contributed by atoms with Crippen LogP contribution >= 0.6 is 24.2 Å². The van der Waals surface area contributed by atoms with Gasteiger partial charge in [-0.1, -0.05) is 18.2 Å². The molecule has 2 aliphatic heterocycles. The Bertz CT molecular complexity index is 962. The quantitative estimate of drug-likeness (QED) is 0.616. The molecule has 0 bridgehead atoms. The number of nitrogens with one attached hydrogen (secondary N) is 1. The van der Waals surface area contributed by atoms with E-state index >= 15 is 0 Å². The van der Waals surface area contributed by atoms with Crippen molar-refractivity contribution in [3.05, 3.63) is 48.5 Å². The molecule has 0 radical (unpaired) electrons. The summed E-state index contributed by atoms with van der Waals surface area (Å²) in [6.45, 7) is 6.94. The van der Waals surface area contributed by atoms with Crippen molar-refractivity contribution in [3.8, 4) is 5.69 Å². The number of rotatable bonds is 4. The summed E-state index contributed by atoms with van der Waals surface area (Å²) in [5.41, 5.74) is 3.63. The number of fused-ring (bicyclic) bond motifs is 1. The van der Waals surface area contributed by atoms with Crippen LogP contribution in [0.15, 0.2) is 53.6 Å². The van der Waals surface area contributed by atoms with Gasteiger partial charge in [0.05, 0.1) is 11.2 Å². The predicted molar refractivity (Wildman–Crippen MR) is 130 cm³/mol. The Morgan fingerprint density at radius 1 is 0.933 bits per heavy atom. The van der Waals surface area contributed by atoms with Gasteiger partial charge in [-0.05, 0) is 49.4 Å². The van der Waals surface area contributed by atoms with E-state index < -0.39 is 0 Å². The molecule has 160 valence electrons. The Labute approximate surface area is 189 Å². The summed E-state index contributed by atoms with van der Waals surface area (Å²) < 4.78 is 2.10. The van der Waals surface area contributed by atoms with Crippen LogP contribution in [0.4, 0.5) is 5.69 Å². The van der Waals surface area contributed by atoms with Gasteiger partial charge in [-0.15, -0.1) is 24.2 Å². The first-order valence-corrected chi connectivity index (χ1v) is 11.9. The van der Waals surface area contributed by atoms with E-state index in [-0.39, 0.29) is 12.4 Å². The van der Waals surface area contributed by atoms with E-state index in [0.717, 1.165) is 42.9 Å². The maximum atomic E-state index is 4.89. The number of hydrogen-bond acceptors (Lipinski definition) is 5. The summed E-state index contributed by atoms with van der Waals surface area (Å²) in [6, 6.07) is 18.1. The number of hydrogen-bond donors (Lipinski definition) is 1. The predicted octanol–water partition coefficient (Wildman–Crippen LogP) is 4.04. The zero-order valence-corrected chi connectivity index (χ0v) is 19.1. The van der Waals surface area contributed by atoms with Crippen LogP contribution in [0.3, 0.4) is 0 Å². The lowest BCUT2D eigenvalue weighted by Crippen LogP contribution is -2.52. The molecule has 0 atom stereocenters.